The topological polar surface area (TPSA) is 61.4 Å². The predicted octanol–water partition coefficient (Wildman–Crippen LogP) is 3.52. The van der Waals surface area contributed by atoms with Crippen molar-refractivity contribution in [2.75, 3.05) is 22.3 Å². The predicted molar refractivity (Wildman–Crippen MR) is 108 cm³/mol. The number of fused-ring (bicyclic) bond motifs is 4. The van der Waals surface area contributed by atoms with Gasteiger partial charge in [0.2, 0.25) is 11.8 Å². The molecule has 0 saturated carbocycles. The Bertz CT molecular complexity index is 952. The zero-order valence-electron chi connectivity index (χ0n) is 14.4. The van der Waals surface area contributed by atoms with Crippen LogP contribution in [0, 0.1) is 5.92 Å². The number of nitrogens with zero attached hydrogens (tertiary/aromatic N) is 1. The molecule has 0 radical (unpaired) electrons. The summed E-state index contributed by atoms with van der Waals surface area (Å²) < 4.78 is 0. The number of thioether (sulfide) groups is 1. The van der Waals surface area contributed by atoms with Crippen molar-refractivity contribution in [3.8, 4) is 0 Å². The average Bonchev–Trinajstić information content (AvgIpc) is 3.30. The van der Waals surface area contributed by atoms with E-state index in [0.29, 0.717) is 17.1 Å². The number of halogens is 1. The minimum atomic E-state index is -0.937. The van der Waals surface area contributed by atoms with E-state index in [4.69, 9.17) is 11.6 Å². The fourth-order valence-electron chi connectivity index (χ4n) is 4.70. The SMILES string of the molecule is O=C(Nc1cccc(Cl)c1)[C@@H]1C[C@@H]2CSCN2[C@@]12C(=O)Nc1ccccc12. The highest BCUT2D eigenvalue weighted by Crippen LogP contribution is 2.55. The second kappa shape index (κ2) is 6.26. The molecule has 0 bridgehead atoms. The average molecular weight is 400 g/mol. The third-order valence-corrected chi connectivity index (χ3v) is 7.10. The maximum Gasteiger partial charge on any atom is 0.250 e. The molecule has 1 spiro atoms. The number of anilines is 2. The Morgan fingerprint density at radius 1 is 1.26 bits per heavy atom. The number of carbonyl (C=O) groups is 2. The molecule has 2 amide bonds. The Balaban J connectivity index is 1.57. The van der Waals surface area contributed by atoms with E-state index in [1.807, 2.05) is 42.1 Å². The molecule has 0 unspecified atom stereocenters. The highest BCUT2D eigenvalue weighted by atomic mass is 35.5. The van der Waals surface area contributed by atoms with Gasteiger partial charge in [-0.15, -0.1) is 11.8 Å². The zero-order valence-corrected chi connectivity index (χ0v) is 16.0. The number of hydrogen-bond donors (Lipinski definition) is 2. The quantitative estimate of drug-likeness (QED) is 0.811. The van der Waals surface area contributed by atoms with Crippen molar-refractivity contribution in [3.05, 3.63) is 59.1 Å². The van der Waals surface area contributed by atoms with Crippen molar-refractivity contribution >= 4 is 46.6 Å². The van der Waals surface area contributed by atoms with E-state index >= 15 is 0 Å². The lowest BCUT2D eigenvalue weighted by Gasteiger charge is -2.36. The molecule has 5 rings (SSSR count). The Morgan fingerprint density at radius 2 is 2.11 bits per heavy atom. The second-order valence-electron chi connectivity index (χ2n) is 7.18. The van der Waals surface area contributed by atoms with Crippen LogP contribution in [0.2, 0.25) is 5.02 Å². The van der Waals surface area contributed by atoms with E-state index in [1.165, 1.54) is 0 Å². The molecular weight excluding hydrogens is 382 g/mol. The van der Waals surface area contributed by atoms with Crippen molar-refractivity contribution in [2.45, 2.75) is 18.0 Å². The first-order valence-corrected chi connectivity index (χ1v) is 10.5. The molecule has 3 aliphatic rings. The van der Waals surface area contributed by atoms with E-state index in [2.05, 4.69) is 15.5 Å². The molecule has 3 heterocycles. The van der Waals surface area contributed by atoms with Crippen LogP contribution in [0.1, 0.15) is 12.0 Å². The summed E-state index contributed by atoms with van der Waals surface area (Å²) in [4.78, 5) is 28.8. The largest absolute Gasteiger partial charge is 0.326 e. The molecule has 2 N–H and O–H groups in total. The van der Waals surface area contributed by atoms with Gasteiger partial charge in [-0.1, -0.05) is 35.9 Å². The number of carbonyl (C=O) groups excluding carboxylic acids is 2. The van der Waals surface area contributed by atoms with Crippen LogP contribution >= 0.6 is 23.4 Å². The molecular formula is C20H18ClN3O2S. The van der Waals surface area contributed by atoms with Crippen molar-refractivity contribution in [1.82, 2.24) is 4.90 Å². The van der Waals surface area contributed by atoms with Crippen LogP contribution in [0.25, 0.3) is 0 Å². The van der Waals surface area contributed by atoms with Crippen molar-refractivity contribution in [2.24, 2.45) is 5.92 Å². The highest BCUT2D eigenvalue weighted by Gasteiger charge is 2.65. The fraction of sp³-hybridized carbons (Fsp3) is 0.300. The summed E-state index contributed by atoms with van der Waals surface area (Å²) in [5.41, 5.74) is 1.43. The molecule has 3 aliphatic heterocycles. The Hall–Kier alpha value is -2.02. The molecule has 0 aliphatic carbocycles. The molecule has 27 heavy (non-hydrogen) atoms. The van der Waals surface area contributed by atoms with E-state index in [0.717, 1.165) is 22.9 Å². The van der Waals surface area contributed by atoms with Gasteiger partial charge >= 0.3 is 0 Å². The van der Waals surface area contributed by atoms with E-state index in [9.17, 15) is 9.59 Å². The van der Waals surface area contributed by atoms with Gasteiger partial charge in [-0.2, -0.15) is 0 Å². The third-order valence-electron chi connectivity index (χ3n) is 5.79. The molecule has 2 saturated heterocycles. The lowest BCUT2D eigenvalue weighted by molar-refractivity contribution is -0.134. The van der Waals surface area contributed by atoms with Crippen molar-refractivity contribution < 1.29 is 9.59 Å². The molecule has 3 atom stereocenters. The maximum atomic E-state index is 13.3. The minimum Gasteiger partial charge on any atom is -0.326 e. The Labute approximate surface area is 166 Å². The van der Waals surface area contributed by atoms with Gasteiger partial charge in [0.25, 0.3) is 0 Å². The normalized spacial score (nSPS) is 28.9. The molecule has 7 heteroatoms. The maximum absolute atomic E-state index is 13.3. The number of benzene rings is 2. The van der Waals surface area contributed by atoms with Crippen LogP contribution in [-0.2, 0) is 15.1 Å². The van der Waals surface area contributed by atoms with Crippen LogP contribution in [0.5, 0.6) is 0 Å². The van der Waals surface area contributed by atoms with Gasteiger partial charge in [0, 0.05) is 39.6 Å². The highest BCUT2D eigenvalue weighted by molar-refractivity contribution is 7.99. The molecule has 0 aromatic heterocycles. The summed E-state index contributed by atoms with van der Waals surface area (Å²) in [5.74, 6) is 1.01. The molecule has 2 aromatic carbocycles. The number of nitrogens with one attached hydrogen (secondary N) is 2. The van der Waals surface area contributed by atoms with Crippen LogP contribution < -0.4 is 10.6 Å². The minimum absolute atomic E-state index is 0.0973. The first-order chi connectivity index (χ1) is 13.1. The fourth-order valence-corrected chi connectivity index (χ4v) is 6.19. The van der Waals surface area contributed by atoms with Crippen LogP contribution in [0.15, 0.2) is 48.5 Å². The number of rotatable bonds is 2. The van der Waals surface area contributed by atoms with Gasteiger partial charge in [0.1, 0.15) is 5.54 Å². The summed E-state index contributed by atoms with van der Waals surface area (Å²) in [6.07, 6.45) is 0.668. The van der Waals surface area contributed by atoms with Gasteiger partial charge in [0.05, 0.1) is 5.92 Å². The summed E-state index contributed by atoms with van der Waals surface area (Å²) in [7, 11) is 0. The Morgan fingerprint density at radius 3 is 2.96 bits per heavy atom. The number of hydrogen-bond acceptors (Lipinski definition) is 4. The monoisotopic (exact) mass is 399 g/mol. The first kappa shape index (κ1) is 17.1. The summed E-state index contributed by atoms with van der Waals surface area (Å²) in [6, 6.07) is 15.0. The van der Waals surface area contributed by atoms with E-state index in [-0.39, 0.29) is 17.9 Å². The lowest BCUT2D eigenvalue weighted by Crippen LogP contribution is -2.53. The second-order valence-corrected chi connectivity index (χ2v) is 8.61. The van der Waals surface area contributed by atoms with Crippen molar-refractivity contribution in [3.63, 3.8) is 0 Å². The molecule has 2 aromatic rings. The number of para-hydroxylation sites is 1. The smallest absolute Gasteiger partial charge is 0.250 e. The Kier molecular flexibility index (Phi) is 3.96. The molecule has 2 fully saturated rings. The first-order valence-electron chi connectivity index (χ1n) is 8.92. The van der Waals surface area contributed by atoms with Crippen molar-refractivity contribution in [1.29, 1.82) is 0 Å². The van der Waals surface area contributed by atoms with Gasteiger partial charge in [-0.3, -0.25) is 14.5 Å². The summed E-state index contributed by atoms with van der Waals surface area (Å²) >= 11 is 7.87. The summed E-state index contributed by atoms with van der Waals surface area (Å²) in [5, 5.41) is 6.55. The molecule has 138 valence electrons. The van der Waals surface area contributed by atoms with Gasteiger partial charge < -0.3 is 10.6 Å². The zero-order chi connectivity index (χ0) is 18.6. The number of amides is 2. The van der Waals surface area contributed by atoms with Crippen LogP contribution in [0.3, 0.4) is 0 Å². The standard InChI is InChI=1S/C20H18ClN3O2S/c21-12-4-3-5-13(8-12)22-18(25)16-9-14-10-27-11-24(14)20(16)15-6-1-2-7-17(15)23-19(20)26/h1-8,14,16H,9-11H2,(H,22,25)(H,23,26)/t14-,16+,20-/m1/s1. The van der Waals surface area contributed by atoms with Gasteiger partial charge in [-0.25, -0.2) is 0 Å². The van der Waals surface area contributed by atoms with Gasteiger partial charge in [0.15, 0.2) is 0 Å². The van der Waals surface area contributed by atoms with Crippen LogP contribution in [0.4, 0.5) is 11.4 Å². The third kappa shape index (κ3) is 2.43. The van der Waals surface area contributed by atoms with E-state index in [1.54, 1.807) is 18.2 Å². The molecule has 5 nitrogen and oxygen atoms in total. The van der Waals surface area contributed by atoms with E-state index < -0.39 is 11.5 Å². The van der Waals surface area contributed by atoms with Crippen LogP contribution in [-0.4, -0.2) is 34.4 Å². The lowest BCUT2D eigenvalue weighted by atomic mass is 9.79. The van der Waals surface area contributed by atoms with Gasteiger partial charge in [-0.05, 0) is 30.7 Å². The summed E-state index contributed by atoms with van der Waals surface area (Å²) in [6.45, 7) is 0.